The average Bonchev–Trinajstić information content (AvgIpc) is 2.64. The normalized spacial score (nSPS) is 10.8. The van der Waals surface area contributed by atoms with Crippen LogP contribution in [0.2, 0.25) is 0 Å². The zero-order valence-electron chi connectivity index (χ0n) is 13.9. The molecule has 0 bridgehead atoms. The number of benzene rings is 2. The van der Waals surface area contributed by atoms with Crippen molar-refractivity contribution in [2.75, 3.05) is 25.6 Å². The fourth-order valence-corrected chi connectivity index (χ4v) is 2.88. The number of anilines is 1. The number of carbonyl (C=O) groups excluding carboxylic acids is 1. The molecule has 2 rings (SSSR count). The number of ether oxygens (including phenoxy) is 1. The van der Waals surface area contributed by atoms with Gasteiger partial charge in [-0.3, -0.25) is 4.79 Å². The molecular formula is C19H19N3O2S. The lowest BCUT2D eigenvalue weighted by molar-refractivity contribution is -0.117. The second-order valence-corrected chi connectivity index (χ2v) is 6.09. The van der Waals surface area contributed by atoms with E-state index in [2.05, 4.69) is 10.6 Å². The van der Waals surface area contributed by atoms with Crippen LogP contribution in [0.25, 0.3) is 0 Å². The van der Waals surface area contributed by atoms with Crippen LogP contribution in [0.4, 0.5) is 5.69 Å². The first-order chi connectivity index (χ1) is 12.2. The molecule has 0 aliphatic heterocycles. The van der Waals surface area contributed by atoms with E-state index >= 15 is 0 Å². The van der Waals surface area contributed by atoms with E-state index < -0.39 is 5.91 Å². The van der Waals surface area contributed by atoms with Crippen molar-refractivity contribution >= 4 is 23.4 Å². The second-order valence-electron chi connectivity index (χ2n) is 4.97. The number of carbonyl (C=O) groups is 1. The standard InChI is InChI=1S/C19H19N3O2S/c1-24-12-11-21-19(23)15(13-20)14-22-17-9-5-6-10-18(17)25-16-7-3-2-4-8-16/h2-10,14,22H,11-12H2,1H3,(H,21,23)/b15-14-. The number of rotatable bonds is 8. The molecule has 0 aromatic heterocycles. The number of methoxy groups -OCH3 is 1. The molecule has 0 spiro atoms. The van der Waals surface area contributed by atoms with Crippen molar-refractivity contribution in [2.24, 2.45) is 0 Å². The van der Waals surface area contributed by atoms with Gasteiger partial charge in [-0.25, -0.2) is 0 Å². The Morgan fingerprint density at radius 3 is 2.64 bits per heavy atom. The van der Waals surface area contributed by atoms with E-state index in [4.69, 9.17) is 4.74 Å². The molecule has 1 amide bonds. The SMILES string of the molecule is COCCNC(=O)/C(C#N)=C\Nc1ccccc1Sc1ccccc1. The summed E-state index contributed by atoms with van der Waals surface area (Å²) in [5.41, 5.74) is 0.837. The Balaban J connectivity index is 2.08. The summed E-state index contributed by atoms with van der Waals surface area (Å²) in [6, 6.07) is 19.6. The highest BCUT2D eigenvalue weighted by molar-refractivity contribution is 7.99. The van der Waals surface area contributed by atoms with Crippen molar-refractivity contribution in [2.45, 2.75) is 9.79 Å². The zero-order chi connectivity index (χ0) is 17.9. The number of para-hydroxylation sites is 1. The molecule has 5 nitrogen and oxygen atoms in total. The van der Waals surface area contributed by atoms with E-state index in [0.29, 0.717) is 13.2 Å². The molecule has 0 atom stereocenters. The van der Waals surface area contributed by atoms with Gasteiger partial charge in [-0.15, -0.1) is 0 Å². The highest BCUT2D eigenvalue weighted by Gasteiger charge is 2.09. The number of amides is 1. The molecule has 128 valence electrons. The van der Waals surface area contributed by atoms with Gasteiger partial charge in [0.1, 0.15) is 11.6 Å². The van der Waals surface area contributed by atoms with Gasteiger partial charge in [-0.05, 0) is 24.3 Å². The van der Waals surface area contributed by atoms with Crippen LogP contribution < -0.4 is 10.6 Å². The predicted octanol–water partition coefficient (Wildman–Crippen LogP) is 3.42. The first-order valence-electron chi connectivity index (χ1n) is 7.70. The fraction of sp³-hybridized carbons (Fsp3) is 0.158. The van der Waals surface area contributed by atoms with Crippen LogP contribution in [-0.4, -0.2) is 26.2 Å². The molecule has 0 aliphatic rings. The summed E-state index contributed by atoms with van der Waals surface area (Å²) in [4.78, 5) is 14.1. The third-order valence-electron chi connectivity index (χ3n) is 3.19. The molecule has 0 fully saturated rings. The van der Waals surface area contributed by atoms with Crippen molar-refractivity contribution in [3.8, 4) is 6.07 Å². The van der Waals surface area contributed by atoms with Crippen LogP contribution in [0.15, 0.2) is 76.2 Å². The maximum Gasteiger partial charge on any atom is 0.263 e. The summed E-state index contributed by atoms with van der Waals surface area (Å²) < 4.78 is 4.87. The zero-order valence-corrected chi connectivity index (χ0v) is 14.7. The van der Waals surface area contributed by atoms with E-state index in [1.807, 2.05) is 60.7 Å². The minimum absolute atomic E-state index is 0.00983. The molecule has 6 heteroatoms. The van der Waals surface area contributed by atoms with Gasteiger partial charge in [0.25, 0.3) is 5.91 Å². The third-order valence-corrected chi connectivity index (χ3v) is 4.27. The Kier molecular flexibility index (Phi) is 7.57. The monoisotopic (exact) mass is 353 g/mol. The van der Waals surface area contributed by atoms with Crippen molar-refractivity contribution in [1.82, 2.24) is 5.32 Å². The van der Waals surface area contributed by atoms with Crippen LogP contribution in [0.5, 0.6) is 0 Å². The van der Waals surface area contributed by atoms with Crippen molar-refractivity contribution in [1.29, 1.82) is 5.26 Å². The highest BCUT2D eigenvalue weighted by Crippen LogP contribution is 2.33. The summed E-state index contributed by atoms with van der Waals surface area (Å²) in [6.45, 7) is 0.753. The van der Waals surface area contributed by atoms with E-state index in [9.17, 15) is 10.1 Å². The molecule has 0 aliphatic carbocycles. The molecule has 0 radical (unpaired) electrons. The van der Waals surface area contributed by atoms with Gasteiger partial charge in [-0.2, -0.15) is 5.26 Å². The van der Waals surface area contributed by atoms with Gasteiger partial charge < -0.3 is 15.4 Å². The Bertz CT molecular complexity index is 770. The molecule has 25 heavy (non-hydrogen) atoms. The number of nitriles is 1. The quantitative estimate of drug-likeness (QED) is 0.432. The smallest absolute Gasteiger partial charge is 0.263 e. The van der Waals surface area contributed by atoms with Gasteiger partial charge in [0, 0.05) is 29.6 Å². The van der Waals surface area contributed by atoms with Crippen molar-refractivity contribution in [3.63, 3.8) is 0 Å². The Hall–Kier alpha value is -2.75. The fourth-order valence-electron chi connectivity index (χ4n) is 1.95. The molecule has 0 saturated heterocycles. The maximum atomic E-state index is 11.9. The van der Waals surface area contributed by atoms with Gasteiger partial charge in [-0.1, -0.05) is 42.1 Å². The molecule has 0 unspecified atom stereocenters. The van der Waals surface area contributed by atoms with E-state index in [1.165, 1.54) is 6.20 Å². The largest absolute Gasteiger partial charge is 0.383 e. The van der Waals surface area contributed by atoms with E-state index in [1.54, 1.807) is 18.9 Å². The van der Waals surface area contributed by atoms with Gasteiger partial charge >= 0.3 is 0 Å². The van der Waals surface area contributed by atoms with Crippen molar-refractivity contribution in [3.05, 3.63) is 66.4 Å². The lowest BCUT2D eigenvalue weighted by Crippen LogP contribution is -2.28. The van der Waals surface area contributed by atoms with Gasteiger partial charge in [0.2, 0.25) is 0 Å². The van der Waals surface area contributed by atoms with Crippen molar-refractivity contribution < 1.29 is 9.53 Å². The minimum atomic E-state index is -0.430. The number of hydrogen-bond acceptors (Lipinski definition) is 5. The van der Waals surface area contributed by atoms with Gasteiger partial charge in [0.05, 0.1) is 12.3 Å². The van der Waals surface area contributed by atoms with Crippen LogP contribution >= 0.6 is 11.8 Å². The highest BCUT2D eigenvalue weighted by atomic mass is 32.2. The molecule has 2 aromatic rings. The summed E-state index contributed by atoms with van der Waals surface area (Å²) >= 11 is 1.61. The predicted molar refractivity (Wildman–Crippen MR) is 99.2 cm³/mol. The number of nitrogens with one attached hydrogen (secondary N) is 2. The molecule has 0 saturated carbocycles. The Morgan fingerprint density at radius 2 is 1.92 bits per heavy atom. The number of hydrogen-bond donors (Lipinski definition) is 2. The topological polar surface area (TPSA) is 74.1 Å². The molecular weight excluding hydrogens is 334 g/mol. The van der Waals surface area contributed by atoms with E-state index in [0.717, 1.165) is 15.5 Å². The average molecular weight is 353 g/mol. The van der Waals surface area contributed by atoms with Crippen LogP contribution in [0.1, 0.15) is 0 Å². The van der Waals surface area contributed by atoms with Crippen LogP contribution in [0.3, 0.4) is 0 Å². The molecule has 0 heterocycles. The third kappa shape index (κ3) is 5.99. The summed E-state index contributed by atoms with van der Waals surface area (Å²) in [7, 11) is 1.55. The molecule has 2 N–H and O–H groups in total. The lowest BCUT2D eigenvalue weighted by Gasteiger charge is -2.09. The summed E-state index contributed by atoms with van der Waals surface area (Å²) in [5.74, 6) is -0.430. The Morgan fingerprint density at radius 1 is 1.20 bits per heavy atom. The van der Waals surface area contributed by atoms with Crippen LogP contribution in [-0.2, 0) is 9.53 Å². The van der Waals surface area contributed by atoms with E-state index in [-0.39, 0.29) is 5.57 Å². The second kappa shape index (κ2) is 10.2. The first kappa shape index (κ1) is 18.6. The number of nitrogens with zero attached hydrogens (tertiary/aromatic N) is 1. The Labute approximate surface area is 151 Å². The molecule has 2 aromatic carbocycles. The van der Waals surface area contributed by atoms with Crippen LogP contribution in [0, 0.1) is 11.3 Å². The summed E-state index contributed by atoms with van der Waals surface area (Å²) in [5, 5.41) is 14.9. The summed E-state index contributed by atoms with van der Waals surface area (Å²) in [6.07, 6.45) is 1.42. The minimum Gasteiger partial charge on any atom is -0.383 e. The van der Waals surface area contributed by atoms with Gasteiger partial charge in [0.15, 0.2) is 0 Å². The maximum absolute atomic E-state index is 11.9. The first-order valence-corrected chi connectivity index (χ1v) is 8.52. The lowest BCUT2D eigenvalue weighted by atomic mass is 10.3.